The lowest BCUT2D eigenvalue weighted by molar-refractivity contribution is -0.682. The fraction of sp³-hybridized carbons (Fsp3) is 0.263. The number of urea groups is 1. The average Bonchev–Trinajstić information content (AvgIpc) is 2.60. The number of aryl methyl sites for hydroxylation is 1. The first-order valence-corrected chi connectivity index (χ1v) is 8.07. The largest absolute Gasteiger partial charge is 0.341 e. The Hall–Kier alpha value is -2.66. The lowest BCUT2D eigenvalue weighted by Crippen LogP contribution is -2.88. The van der Waals surface area contributed by atoms with Crippen molar-refractivity contribution < 1.29 is 14.9 Å². The molecular weight excluding hydrogens is 302 g/mol. The summed E-state index contributed by atoms with van der Waals surface area (Å²) < 4.78 is 0. The van der Waals surface area contributed by atoms with Crippen LogP contribution < -0.4 is 16.0 Å². The Morgan fingerprint density at radius 3 is 2.38 bits per heavy atom. The molecule has 0 unspecified atom stereocenters. The van der Waals surface area contributed by atoms with E-state index in [1.165, 1.54) is 18.2 Å². The Labute approximate surface area is 142 Å². The van der Waals surface area contributed by atoms with Gasteiger partial charge in [-0.05, 0) is 18.1 Å². The molecule has 0 aliphatic rings. The summed E-state index contributed by atoms with van der Waals surface area (Å²) >= 11 is 0. The molecule has 0 fully saturated rings. The fourth-order valence-electron chi connectivity index (χ4n) is 2.60. The summed E-state index contributed by atoms with van der Waals surface area (Å²) in [5.74, 6) is -0.315. The molecule has 1 atom stereocenters. The van der Waals surface area contributed by atoms with E-state index in [0.29, 0.717) is 0 Å². The number of hydrogen-bond acceptors (Lipinski definition) is 2. The number of quaternary nitrogens is 1. The van der Waals surface area contributed by atoms with Gasteiger partial charge in [0, 0.05) is 19.0 Å². The van der Waals surface area contributed by atoms with Crippen LogP contribution in [-0.4, -0.2) is 25.5 Å². The minimum absolute atomic E-state index is 0.315. The van der Waals surface area contributed by atoms with E-state index in [4.69, 9.17) is 0 Å². The summed E-state index contributed by atoms with van der Waals surface area (Å²) in [5.41, 5.74) is 3.40. The van der Waals surface area contributed by atoms with E-state index in [1.807, 2.05) is 47.8 Å². The molecule has 0 saturated carbocycles. The fourth-order valence-corrected chi connectivity index (χ4v) is 2.60. The van der Waals surface area contributed by atoms with Gasteiger partial charge in [0.05, 0.1) is 6.54 Å². The smallest absolute Gasteiger partial charge is 0.321 e. The molecule has 0 saturated heterocycles. The molecule has 0 spiro atoms. The quantitative estimate of drug-likeness (QED) is 0.748. The minimum atomic E-state index is -0.492. The third-order valence-electron chi connectivity index (χ3n) is 3.98. The number of rotatable bonds is 6. The van der Waals surface area contributed by atoms with Crippen molar-refractivity contribution in [3.63, 3.8) is 0 Å². The molecule has 0 aliphatic heterocycles. The van der Waals surface area contributed by atoms with Gasteiger partial charge in [0.2, 0.25) is 0 Å². The standard InChI is InChI=1S/C19H23N3O2/c1-14-8-6-7-9-15(14)12-13-21-17(16-10-4-3-5-11-16)18(23)22-19(24)20-2/h3-11,17,21H,12-13H2,1-2H3,(H2,20,22,23,24)/p+1/t17-/m1/s1. The molecule has 2 rings (SSSR count). The van der Waals surface area contributed by atoms with Crippen molar-refractivity contribution in [2.45, 2.75) is 19.4 Å². The van der Waals surface area contributed by atoms with Gasteiger partial charge >= 0.3 is 6.03 Å². The van der Waals surface area contributed by atoms with Crippen LogP contribution in [0.4, 0.5) is 4.79 Å². The van der Waals surface area contributed by atoms with Crippen molar-refractivity contribution in [3.8, 4) is 0 Å². The molecule has 24 heavy (non-hydrogen) atoms. The van der Waals surface area contributed by atoms with Crippen LogP contribution in [0.15, 0.2) is 54.6 Å². The third-order valence-corrected chi connectivity index (χ3v) is 3.98. The average molecular weight is 326 g/mol. The molecule has 0 aromatic heterocycles. The number of amides is 3. The first-order chi connectivity index (χ1) is 11.6. The molecule has 0 heterocycles. The van der Waals surface area contributed by atoms with Gasteiger partial charge in [-0.2, -0.15) is 0 Å². The highest BCUT2D eigenvalue weighted by atomic mass is 16.2. The lowest BCUT2D eigenvalue weighted by Gasteiger charge is -2.15. The Kier molecular flexibility index (Phi) is 6.51. The Morgan fingerprint density at radius 2 is 1.71 bits per heavy atom. The van der Waals surface area contributed by atoms with E-state index in [2.05, 4.69) is 29.7 Å². The van der Waals surface area contributed by atoms with Crippen molar-refractivity contribution in [1.82, 2.24) is 10.6 Å². The van der Waals surface area contributed by atoms with Gasteiger partial charge in [-0.1, -0.05) is 54.6 Å². The molecule has 4 N–H and O–H groups in total. The van der Waals surface area contributed by atoms with Crippen LogP contribution in [0.25, 0.3) is 0 Å². The second-order valence-electron chi connectivity index (χ2n) is 5.66. The van der Waals surface area contributed by atoms with Crippen LogP contribution in [0.1, 0.15) is 22.7 Å². The van der Waals surface area contributed by atoms with Crippen LogP contribution in [-0.2, 0) is 11.2 Å². The third kappa shape index (κ3) is 4.93. The number of nitrogens with one attached hydrogen (secondary N) is 2. The summed E-state index contributed by atoms with van der Waals surface area (Å²) in [6, 6.07) is 16.8. The van der Waals surface area contributed by atoms with Gasteiger partial charge in [0.1, 0.15) is 0 Å². The Balaban J connectivity index is 2.05. The maximum atomic E-state index is 12.4. The topological polar surface area (TPSA) is 74.8 Å². The van der Waals surface area contributed by atoms with Crippen molar-refractivity contribution in [2.24, 2.45) is 0 Å². The van der Waals surface area contributed by atoms with Crippen LogP contribution >= 0.6 is 0 Å². The second-order valence-corrected chi connectivity index (χ2v) is 5.66. The predicted octanol–water partition coefficient (Wildman–Crippen LogP) is 1.30. The molecule has 5 nitrogen and oxygen atoms in total. The zero-order chi connectivity index (χ0) is 17.4. The summed E-state index contributed by atoms with van der Waals surface area (Å²) in [5, 5.41) is 6.75. The molecule has 0 aliphatic carbocycles. The molecule has 126 valence electrons. The van der Waals surface area contributed by atoms with Crippen molar-refractivity contribution in [2.75, 3.05) is 13.6 Å². The number of hydrogen-bond donors (Lipinski definition) is 3. The Bertz CT molecular complexity index is 686. The number of nitrogens with two attached hydrogens (primary N) is 1. The maximum Gasteiger partial charge on any atom is 0.321 e. The van der Waals surface area contributed by atoms with Gasteiger partial charge < -0.3 is 10.6 Å². The summed E-state index contributed by atoms with van der Waals surface area (Å²) in [6.45, 7) is 2.84. The van der Waals surface area contributed by atoms with Gasteiger partial charge in [-0.25, -0.2) is 4.79 Å². The summed E-state index contributed by atoms with van der Waals surface area (Å²) in [6.07, 6.45) is 0.864. The normalized spacial score (nSPS) is 11.6. The van der Waals surface area contributed by atoms with E-state index < -0.39 is 12.1 Å². The number of imide groups is 1. The molecule has 3 amide bonds. The van der Waals surface area contributed by atoms with Crippen molar-refractivity contribution in [3.05, 3.63) is 71.3 Å². The van der Waals surface area contributed by atoms with Crippen LogP contribution in [0.2, 0.25) is 0 Å². The van der Waals surface area contributed by atoms with Crippen LogP contribution in [0.5, 0.6) is 0 Å². The van der Waals surface area contributed by atoms with E-state index in [-0.39, 0.29) is 5.91 Å². The zero-order valence-corrected chi connectivity index (χ0v) is 14.1. The Morgan fingerprint density at radius 1 is 1.04 bits per heavy atom. The van der Waals surface area contributed by atoms with Gasteiger partial charge in [-0.3, -0.25) is 10.1 Å². The molecule has 2 aromatic carbocycles. The lowest BCUT2D eigenvalue weighted by atomic mass is 10.0. The van der Waals surface area contributed by atoms with E-state index in [9.17, 15) is 9.59 Å². The first-order valence-electron chi connectivity index (χ1n) is 8.07. The number of benzene rings is 2. The molecule has 5 heteroatoms. The highest BCUT2D eigenvalue weighted by Crippen LogP contribution is 2.09. The summed E-state index contributed by atoms with van der Waals surface area (Å²) in [4.78, 5) is 23.9. The van der Waals surface area contributed by atoms with Gasteiger partial charge in [0.15, 0.2) is 6.04 Å². The predicted molar refractivity (Wildman–Crippen MR) is 93.5 cm³/mol. The highest BCUT2D eigenvalue weighted by Gasteiger charge is 2.25. The van der Waals surface area contributed by atoms with Gasteiger partial charge in [-0.15, -0.1) is 0 Å². The molecule has 0 bridgehead atoms. The van der Waals surface area contributed by atoms with Crippen molar-refractivity contribution in [1.29, 1.82) is 0 Å². The molecule has 2 aromatic rings. The first kappa shape index (κ1) is 17.7. The van der Waals surface area contributed by atoms with E-state index in [1.54, 1.807) is 0 Å². The SMILES string of the molecule is CNC(=O)NC(=O)[C@H]([NH2+]CCc1ccccc1C)c1ccccc1. The number of carbonyl (C=O) groups excluding carboxylic acids is 2. The highest BCUT2D eigenvalue weighted by molar-refractivity contribution is 5.96. The second kappa shape index (κ2) is 8.84. The summed E-state index contributed by atoms with van der Waals surface area (Å²) in [7, 11) is 1.49. The number of carbonyl (C=O) groups is 2. The molecule has 0 radical (unpaired) electrons. The van der Waals surface area contributed by atoms with Crippen molar-refractivity contribution >= 4 is 11.9 Å². The maximum absolute atomic E-state index is 12.4. The van der Waals surface area contributed by atoms with E-state index >= 15 is 0 Å². The van der Waals surface area contributed by atoms with Crippen LogP contribution in [0.3, 0.4) is 0 Å². The van der Waals surface area contributed by atoms with Gasteiger partial charge in [0.25, 0.3) is 5.91 Å². The van der Waals surface area contributed by atoms with E-state index in [0.717, 1.165) is 18.5 Å². The minimum Gasteiger partial charge on any atom is -0.341 e. The molecular formula is C19H24N3O2+. The van der Waals surface area contributed by atoms with Crippen LogP contribution in [0, 0.1) is 6.92 Å². The monoisotopic (exact) mass is 326 g/mol. The zero-order valence-electron chi connectivity index (χ0n) is 14.1.